The summed E-state index contributed by atoms with van der Waals surface area (Å²) in [5.41, 5.74) is 2.86. The van der Waals surface area contributed by atoms with E-state index in [-0.39, 0.29) is 0 Å². The van der Waals surface area contributed by atoms with Crippen molar-refractivity contribution in [1.29, 1.82) is 0 Å². The molecular formula is C12H13N7. The van der Waals surface area contributed by atoms with Gasteiger partial charge in [0.2, 0.25) is 0 Å². The Kier molecular flexibility index (Phi) is 3.01. The van der Waals surface area contributed by atoms with Gasteiger partial charge in [-0.05, 0) is 28.5 Å². The summed E-state index contributed by atoms with van der Waals surface area (Å²) in [5, 5.41) is 14.6. The van der Waals surface area contributed by atoms with Crippen molar-refractivity contribution in [2.45, 2.75) is 19.9 Å². The number of pyridine rings is 1. The van der Waals surface area contributed by atoms with Gasteiger partial charge in [0.05, 0.1) is 24.6 Å². The fourth-order valence-electron chi connectivity index (χ4n) is 1.92. The second-order valence-electron chi connectivity index (χ2n) is 4.06. The summed E-state index contributed by atoms with van der Waals surface area (Å²) in [7, 11) is 0. The van der Waals surface area contributed by atoms with E-state index >= 15 is 0 Å². The van der Waals surface area contributed by atoms with Gasteiger partial charge in [0, 0.05) is 6.20 Å². The van der Waals surface area contributed by atoms with Gasteiger partial charge in [-0.25, -0.2) is 0 Å². The van der Waals surface area contributed by atoms with Crippen LogP contribution in [0.3, 0.4) is 0 Å². The lowest BCUT2D eigenvalue weighted by Crippen LogP contribution is -2.08. The number of aryl methyl sites for hydroxylation is 1. The molecule has 0 bridgehead atoms. The molecule has 7 nitrogen and oxygen atoms in total. The van der Waals surface area contributed by atoms with Gasteiger partial charge >= 0.3 is 0 Å². The predicted octanol–water partition coefficient (Wildman–Crippen LogP) is 1.09. The quantitative estimate of drug-likeness (QED) is 0.751. The molecule has 0 spiro atoms. The van der Waals surface area contributed by atoms with Gasteiger partial charge < -0.3 is 5.32 Å². The summed E-state index contributed by atoms with van der Waals surface area (Å²) < 4.78 is 1.61. The van der Waals surface area contributed by atoms with Gasteiger partial charge in [0.1, 0.15) is 0 Å². The lowest BCUT2D eigenvalue weighted by Gasteiger charge is -2.09. The van der Waals surface area contributed by atoms with Crippen LogP contribution in [0, 0.1) is 0 Å². The summed E-state index contributed by atoms with van der Waals surface area (Å²) in [4.78, 5) is 8.48. The molecule has 0 aliphatic carbocycles. The van der Waals surface area contributed by atoms with E-state index in [1.165, 1.54) is 5.56 Å². The standard InChI is InChI=1S/C12H13N7/c1-2-9-4-3-5-14-10(9)6-15-11-7-13-8-12-16-17-18-19(11)12/h3-5,7-8,15H,2,6H2,1H3. The van der Waals surface area contributed by atoms with Gasteiger partial charge in [-0.3, -0.25) is 9.97 Å². The van der Waals surface area contributed by atoms with E-state index in [0.717, 1.165) is 17.9 Å². The molecular weight excluding hydrogens is 242 g/mol. The predicted molar refractivity (Wildman–Crippen MR) is 69.5 cm³/mol. The van der Waals surface area contributed by atoms with Crippen LogP contribution in [0.2, 0.25) is 0 Å². The van der Waals surface area contributed by atoms with Gasteiger partial charge in [-0.1, -0.05) is 13.0 Å². The maximum atomic E-state index is 4.39. The van der Waals surface area contributed by atoms with Gasteiger partial charge in [0.25, 0.3) is 0 Å². The fourth-order valence-corrected chi connectivity index (χ4v) is 1.92. The third-order valence-corrected chi connectivity index (χ3v) is 2.91. The van der Waals surface area contributed by atoms with E-state index in [4.69, 9.17) is 0 Å². The van der Waals surface area contributed by atoms with Crippen molar-refractivity contribution in [2.75, 3.05) is 5.32 Å². The van der Waals surface area contributed by atoms with Crippen LogP contribution in [0.5, 0.6) is 0 Å². The van der Waals surface area contributed by atoms with Crippen molar-refractivity contribution < 1.29 is 0 Å². The summed E-state index contributed by atoms with van der Waals surface area (Å²) in [6, 6.07) is 4.03. The highest BCUT2D eigenvalue weighted by atomic mass is 15.5. The summed E-state index contributed by atoms with van der Waals surface area (Å²) >= 11 is 0. The molecule has 0 fully saturated rings. The Morgan fingerprint density at radius 2 is 2.26 bits per heavy atom. The number of rotatable bonds is 4. The first-order valence-corrected chi connectivity index (χ1v) is 6.07. The van der Waals surface area contributed by atoms with Crippen LogP contribution in [0.1, 0.15) is 18.2 Å². The largest absolute Gasteiger partial charge is 0.363 e. The van der Waals surface area contributed by atoms with Crippen LogP contribution < -0.4 is 5.32 Å². The number of aromatic nitrogens is 6. The highest BCUT2D eigenvalue weighted by molar-refractivity contribution is 5.44. The highest BCUT2D eigenvalue weighted by Crippen LogP contribution is 2.10. The van der Waals surface area contributed by atoms with Crippen LogP contribution in [0.25, 0.3) is 5.65 Å². The highest BCUT2D eigenvalue weighted by Gasteiger charge is 2.05. The Labute approximate surface area is 109 Å². The molecule has 0 saturated carbocycles. The van der Waals surface area contributed by atoms with Crippen LogP contribution in [-0.2, 0) is 13.0 Å². The smallest absolute Gasteiger partial charge is 0.199 e. The van der Waals surface area contributed by atoms with Crippen LogP contribution in [-0.4, -0.2) is 30.0 Å². The van der Waals surface area contributed by atoms with E-state index in [9.17, 15) is 0 Å². The van der Waals surface area contributed by atoms with Crippen molar-refractivity contribution in [3.8, 4) is 0 Å². The summed E-state index contributed by atoms with van der Waals surface area (Å²) in [6.45, 7) is 2.73. The van der Waals surface area contributed by atoms with Crippen molar-refractivity contribution in [2.24, 2.45) is 0 Å². The third kappa shape index (κ3) is 2.22. The average molecular weight is 255 g/mol. The molecule has 3 aromatic rings. The first-order chi connectivity index (χ1) is 9.38. The van der Waals surface area contributed by atoms with E-state index in [2.05, 4.69) is 43.8 Å². The topological polar surface area (TPSA) is 80.9 Å². The molecule has 3 rings (SSSR count). The van der Waals surface area contributed by atoms with Crippen molar-refractivity contribution in [3.63, 3.8) is 0 Å². The molecule has 96 valence electrons. The Bertz CT molecular complexity index is 691. The number of anilines is 1. The fraction of sp³-hybridized carbons (Fsp3) is 0.250. The average Bonchev–Trinajstić information content (AvgIpc) is 2.94. The zero-order chi connectivity index (χ0) is 13.1. The number of fused-ring (bicyclic) bond motifs is 1. The van der Waals surface area contributed by atoms with Crippen LogP contribution in [0.15, 0.2) is 30.7 Å². The first kappa shape index (κ1) is 11.5. The first-order valence-electron chi connectivity index (χ1n) is 6.07. The molecule has 19 heavy (non-hydrogen) atoms. The number of nitrogens with one attached hydrogen (secondary N) is 1. The molecule has 7 heteroatoms. The summed E-state index contributed by atoms with van der Waals surface area (Å²) in [5.74, 6) is 0.746. The van der Waals surface area contributed by atoms with Gasteiger partial charge in [-0.2, -0.15) is 4.52 Å². The molecule has 0 radical (unpaired) electrons. The summed E-state index contributed by atoms with van der Waals surface area (Å²) in [6.07, 6.45) is 6.06. The van der Waals surface area contributed by atoms with Crippen LogP contribution >= 0.6 is 0 Å². The Balaban J connectivity index is 1.84. The van der Waals surface area contributed by atoms with Crippen molar-refractivity contribution in [1.82, 2.24) is 30.0 Å². The van der Waals surface area contributed by atoms with E-state index < -0.39 is 0 Å². The molecule has 0 aliphatic rings. The number of hydrogen-bond donors (Lipinski definition) is 1. The van der Waals surface area contributed by atoms with Gasteiger partial charge in [0.15, 0.2) is 11.5 Å². The van der Waals surface area contributed by atoms with E-state index in [1.54, 1.807) is 23.1 Å². The third-order valence-electron chi connectivity index (χ3n) is 2.91. The number of nitrogens with zero attached hydrogens (tertiary/aromatic N) is 6. The second kappa shape index (κ2) is 4.97. The van der Waals surface area contributed by atoms with E-state index in [0.29, 0.717) is 12.2 Å². The van der Waals surface area contributed by atoms with Crippen molar-refractivity contribution >= 4 is 11.5 Å². The molecule has 0 aromatic carbocycles. The molecule has 3 heterocycles. The number of tetrazole rings is 1. The monoisotopic (exact) mass is 255 g/mol. The minimum absolute atomic E-state index is 0.613. The van der Waals surface area contributed by atoms with E-state index in [1.807, 2.05) is 6.07 Å². The molecule has 1 N–H and O–H groups in total. The Morgan fingerprint density at radius 1 is 1.32 bits per heavy atom. The van der Waals surface area contributed by atoms with Crippen molar-refractivity contribution in [3.05, 3.63) is 42.0 Å². The Morgan fingerprint density at radius 3 is 3.16 bits per heavy atom. The van der Waals surface area contributed by atoms with Gasteiger partial charge in [-0.15, -0.1) is 5.10 Å². The maximum Gasteiger partial charge on any atom is 0.199 e. The molecule has 0 amide bonds. The maximum absolute atomic E-state index is 4.39. The Hall–Kier alpha value is -2.57. The molecule has 0 aliphatic heterocycles. The second-order valence-corrected chi connectivity index (χ2v) is 4.06. The number of hydrogen-bond acceptors (Lipinski definition) is 6. The minimum atomic E-state index is 0.613. The molecule has 0 unspecified atom stereocenters. The normalized spacial score (nSPS) is 10.8. The molecule has 3 aromatic heterocycles. The molecule has 0 saturated heterocycles. The zero-order valence-electron chi connectivity index (χ0n) is 10.5. The molecule has 0 atom stereocenters. The lowest BCUT2D eigenvalue weighted by molar-refractivity contribution is 0.816. The lowest BCUT2D eigenvalue weighted by atomic mass is 10.1. The zero-order valence-corrected chi connectivity index (χ0v) is 10.5. The van der Waals surface area contributed by atoms with Crippen LogP contribution in [0.4, 0.5) is 5.82 Å². The SMILES string of the molecule is CCc1cccnc1CNc1cncc2nnnn12. The minimum Gasteiger partial charge on any atom is -0.363 e.